The number of nitrogens with zero attached hydrogens (tertiary/aromatic N) is 4. The van der Waals surface area contributed by atoms with E-state index < -0.39 is 0 Å². The minimum atomic E-state index is -0.158. The van der Waals surface area contributed by atoms with Crippen molar-refractivity contribution >= 4 is 5.91 Å². The summed E-state index contributed by atoms with van der Waals surface area (Å²) in [6.45, 7) is 6.32. The molecule has 2 N–H and O–H groups in total. The average molecular weight is 338 g/mol. The van der Waals surface area contributed by atoms with Crippen molar-refractivity contribution in [3.63, 3.8) is 0 Å². The molecule has 7 heteroatoms. The molecule has 4 saturated heterocycles. The van der Waals surface area contributed by atoms with E-state index in [1.807, 2.05) is 0 Å². The summed E-state index contributed by atoms with van der Waals surface area (Å²) >= 11 is 0. The van der Waals surface area contributed by atoms with Gasteiger partial charge in [-0.1, -0.05) is 30.3 Å². The van der Waals surface area contributed by atoms with E-state index in [9.17, 15) is 4.79 Å². The van der Waals surface area contributed by atoms with E-state index in [4.69, 9.17) is 0 Å². The van der Waals surface area contributed by atoms with Gasteiger partial charge in [0.05, 0.1) is 0 Å². The summed E-state index contributed by atoms with van der Waals surface area (Å²) in [5, 5.41) is 9.79. The molecule has 2 aromatic rings. The van der Waals surface area contributed by atoms with Gasteiger partial charge in [0, 0.05) is 56.6 Å². The molecule has 0 aliphatic carbocycles. The molecule has 25 heavy (non-hydrogen) atoms. The van der Waals surface area contributed by atoms with Crippen LogP contribution in [0.2, 0.25) is 0 Å². The van der Waals surface area contributed by atoms with Crippen molar-refractivity contribution in [3.05, 3.63) is 48.0 Å². The summed E-state index contributed by atoms with van der Waals surface area (Å²) in [6.07, 6.45) is 1.38. The van der Waals surface area contributed by atoms with Gasteiger partial charge in [-0.2, -0.15) is 5.10 Å². The Morgan fingerprint density at radius 1 is 1.16 bits per heavy atom. The van der Waals surface area contributed by atoms with Gasteiger partial charge in [0.25, 0.3) is 5.91 Å². The van der Waals surface area contributed by atoms with Crippen molar-refractivity contribution in [3.8, 4) is 0 Å². The molecule has 4 aliphatic heterocycles. The van der Waals surface area contributed by atoms with Crippen LogP contribution in [0.25, 0.3) is 0 Å². The molecule has 0 saturated carbocycles. The molecule has 0 spiro atoms. The van der Waals surface area contributed by atoms with Crippen molar-refractivity contribution in [2.75, 3.05) is 39.3 Å². The standard InChI is InChI=1S/C18H22N6O/c25-17(16-19-12-20-22-16)21-15-13-8-23-6-7-24(9-13)11-18(15,10-23)14-4-2-1-3-5-14/h1-5,12-13,15H,6-11H2,(H,21,25)(H,19,20,22)/t13?,15-,18?/m0/s1. The molecule has 1 amide bonds. The van der Waals surface area contributed by atoms with Gasteiger partial charge in [-0.15, -0.1) is 0 Å². The van der Waals surface area contributed by atoms with Crippen LogP contribution < -0.4 is 5.32 Å². The molecule has 4 bridgehead atoms. The van der Waals surface area contributed by atoms with E-state index in [0.717, 1.165) is 39.3 Å². The lowest BCUT2D eigenvalue weighted by Crippen LogP contribution is -2.70. The predicted molar refractivity (Wildman–Crippen MR) is 92.1 cm³/mol. The Hall–Kier alpha value is -2.25. The summed E-state index contributed by atoms with van der Waals surface area (Å²) in [5.41, 5.74) is 1.24. The Bertz CT molecular complexity index is 745. The first-order valence-electron chi connectivity index (χ1n) is 8.91. The second-order valence-corrected chi connectivity index (χ2v) is 7.54. The molecular weight excluding hydrogens is 316 g/mol. The van der Waals surface area contributed by atoms with E-state index in [-0.39, 0.29) is 23.2 Å². The van der Waals surface area contributed by atoms with Gasteiger partial charge in [0.2, 0.25) is 5.82 Å². The summed E-state index contributed by atoms with van der Waals surface area (Å²) < 4.78 is 0. The maximum Gasteiger partial charge on any atom is 0.288 e. The number of aromatic amines is 1. The minimum Gasteiger partial charge on any atom is -0.345 e. The number of amides is 1. The van der Waals surface area contributed by atoms with Gasteiger partial charge in [-0.05, 0) is 5.56 Å². The number of aromatic nitrogens is 3. The first-order valence-corrected chi connectivity index (χ1v) is 8.91. The highest BCUT2D eigenvalue weighted by atomic mass is 16.2. The summed E-state index contributed by atoms with van der Waals surface area (Å²) in [6, 6.07) is 10.8. The number of hydrogen-bond donors (Lipinski definition) is 2. The number of hydrogen-bond acceptors (Lipinski definition) is 5. The molecule has 4 fully saturated rings. The van der Waals surface area contributed by atoms with Crippen LogP contribution in [0.3, 0.4) is 0 Å². The highest BCUT2D eigenvalue weighted by molar-refractivity contribution is 5.90. The Morgan fingerprint density at radius 3 is 2.52 bits per heavy atom. The largest absolute Gasteiger partial charge is 0.345 e. The lowest BCUT2D eigenvalue weighted by Gasteiger charge is -2.55. The second kappa shape index (κ2) is 5.64. The van der Waals surface area contributed by atoms with Crippen LogP contribution >= 0.6 is 0 Å². The predicted octanol–water partition coefficient (Wildman–Crippen LogP) is 0.102. The Morgan fingerprint density at radius 2 is 1.88 bits per heavy atom. The second-order valence-electron chi connectivity index (χ2n) is 7.54. The Kier molecular flexibility index (Phi) is 3.39. The molecule has 3 atom stereocenters. The maximum atomic E-state index is 12.7. The molecule has 0 radical (unpaired) electrons. The molecular formula is C18H22N6O. The van der Waals surface area contributed by atoms with E-state index in [2.05, 4.69) is 60.6 Å². The highest BCUT2D eigenvalue weighted by Gasteiger charge is 2.55. The molecule has 1 aromatic carbocycles. The first-order chi connectivity index (χ1) is 12.2. The van der Waals surface area contributed by atoms with Gasteiger partial charge in [0.1, 0.15) is 6.33 Å². The van der Waals surface area contributed by atoms with Crippen molar-refractivity contribution in [1.82, 2.24) is 30.3 Å². The van der Waals surface area contributed by atoms with E-state index in [0.29, 0.717) is 5.92 Å². The van der Waals surface area contributed by atoms with Crippen LogP contribution in [-0.2, 0) is 5.41 Å². The van der Waals surface area contributed by atoms with Crippen LogP contribution in [0.1, 0.15) is 16.2 Å². The number of H-pyrrole nitrogens is 1. The highest BCUT2D eigenvalue weighted by Crippen LogP contribution is 2.43. The number of nitrogens with one attached hydrogen (secondary N) is 2. The van der Waals surface area contributed by atoms with E-state index >= 15 is 0 Å². The fourth-order valence-corrected chi connectivity index (χ4v) is 5.09. The summed E-state index contributed by atoms with van der Waals surface area (Å²) in [5.74, 6) is 0.557. The summed E-state index contributed by atoms with van der Waals surface area (Å²) in [7, 11) is 0. The SMILES string of the molecule is O=C(N[C@H]1C2CN3CCN(C2)CC1(c1ccccc1)C3)c1ncn[nH]1. The molecule has 5 heterocycles. The topological polar surface area (TPSA) is 77.2 Å². The first kappa shape index (κ1) is 15.0. The molecule has 1 aromatic heterocycles. The minimum absolute atomic E-state index is 0.0748. The average Bonchev–Trinajstić information content (AvgIpc) is 3.05. The molecule has 7 nitrogen and oxygen atoms in total. The van der Waals surface area contributed by atoms with Gasteiger partial charge in [-0.3, -0.25) is 9.89 Å². The zero-order valence-corrected chi connectivity index (χ0v) is 14.1. The fraction of sp³-hybridized carbons (Fsp3) is 0.500. The number of piperidine rings is 2. The summed E-state index contributed by atoms with van der Waals surface area (Å²) in [4.78, 5) is 21.8. The zero-order chi connectivity index (χ0) is 16.9. The van der Waals surface area contributed by atoms with Crippen LogP contribution in [0.4, 0.5) is 0 Å². The quantitative estimate of drug-likeness (QED) is 0.830. The third-order valence-corrected chi connectivity index (χ3v) is 6.06. The van der Waals surface area contributed by atoms with Gasteiger partial charge in [0.15, 0.2) is 0 Å². The number of carbonyl (C=O) groups is 1. The van der Waals surface area contributed by atoms with Crippen LogP contribution in [-0.4, -0.2) is 76.2 Å². The fourth-order valence-electron chi connectivity index (χ4n) is 5.09. The lowest BCUT2D eigenvalue weighted by atomic mass is 9.64. The van der Waals surface area contributed by atoms with Gasteiger partial charge >= 0.3 is 0 Å². The van der Waals surface area contributed by atoms with E-state index in [1.54, 1.807) is 0 Å². The van der Waals surface area contributed by atoms with Crippen LogP contribution in [0, 0.1) is 5.92 Å². The van der Waals surface area contributed by atoms with Crippen LogP contribution in [0.5, 0.6) is 0 Å². The van der Waals surface area contributed by atoms with Crippen LogP contribution in [0.15, 0.2) is 36.7 Å². The molecule has 130 valence electrons. The molecule has 6 rings (SSSR count). The number of fused-ring (bicyclic) bond motifs is 1. The lowest BCUT2D eigenvalue weighted by molar-refractivity contribution is 0.0178. The van der Waals surface area contributed by atoms with Crippen molar-refractivity contribution in [2.45, 2.75) is 11.5 Å². The third kappa shape index (κ3) is 2.38. The third-order valence-electron chi connectivity index (χ3n) is 6.06. The van der Waals surface area contributed by atoms with Gasteiger partial charge < -0.3 is 15.1 Å². The Balaban J connectivity index is 1.55. The van der Waals surface area contributed by atoms with Crippen molar-refractivity contribution in [1.29, 1.82) is 0 Å². The number of rotatable bonds is 3. The normalized spacial score (nSPS) is 36.2. The van der Waals surface area contributed by atoms with Crippen molar-refractivity contribution < 1.29 is 4.79 Å². The maximum absolute atomic E-state index is 12.7. The molecule has 2 unspecified atom stereocenters. The zero-order valence-electron chi connectivity index (χ0n) is 14.1. The van der Waals surface area contributed by atoms with E-state index in [1.165, 1.54) is 11.9 Å². The Labute approximate surface area is 146 Å². The monoisotopic (exact) mass is 338 g/mol. The molecule has 4 aliphatic rings. The number of carbonyl (C=O) groups excluding carboxylic acids is 1. The number of benzene rings is 1. The van der Waals surface area contributed by atoms with Crippen molar-refractivity contribution in [2.24, 2.45) is 5.92 Å². The van der Waals surface area contributed by atoms with Gasteiger partial charge in [-0.25, -0.2) is 4.98 Å². The smallest absolute Gasteiger partial charge is 0.288 e.